The second-order valence-electron chi connectivity index (χ2n) is 4.16. The summed E-state index contributed by atoms with van der Waals surface area (Å²) in [5.41, 5.74) is 1.13. The van der Waals surface area contributed by atoms with Crippen molar-refractivity contribution in [3.8, 4) is 0 Å². The van der Waals surface area contributed by atoms with Crippen molar-refractivity contribution in [3.63, 3.8) is 0 Å². The molecule has 0 saturated heterocycles. The third kappa shape index (κ3) is 5.12. The summed E-state index contributed by atoms with van der Waals surface area (Å²) in [7, 11) is -1.95. The van der Waals surface area contributed by atoms with Crippen molar-refractivity contribution >= 4 is 20.2 Å². The first-order valence-corrected chi connectivity index (χ1v) is 8.75. The van der Waals surface area contributed by atoms with Crippen molar-refractivity contribution < 1.29 is 8.85 Å². The molecule has 0 spiro atoms. The molecule has 0 aromatic heterocycles. The van der Waals surface area contributed by atoms with E-state index in [4.69, 9.17) is 20.5 Å². The Kier molecular flexibility index (Phi) is 5.48. The van der Waals surface area contributed by atoms with Crippen LogP contribution in [0.1, 0.15) is 18.9 Å². The lowest BCUT2D eigenvalue weighted by Gasteiger charge is -2.22. The Balaban J connectivity index is 2.41. The second kappa shape index (κ2) is 6.40. The quantitative estimate of drug-likeness (QED) is 0.719. The van der Waals surface area contributed by atoms with E-state index in [0.29, 0.717) is 6.61 Å². The van der Waals surface area contributed by atoms with Crippen LogP contribution >= 0.6 is 11.6 Å². The fraction of sp³-hybridized carbons (Fsp3) is 0.500. The molecule has 90 valence electrons. The Hall–Kier alpha value is -0.353. The van der Waals surface area contributed by atoms with Crippen molar-refractivity contribution in [2.45, 2.75) is 33.0 Å². The average molecular weight is 259 g/mol. The lowest BCUT2D eigenvalue weighted by molar-refractivity contribution is 0.172. The minimum Gasteiger partial charge on any atom is -0.395 e. The van der Waals surface area contributed by atoms with Crippen LogP contribution in [0, 0.1) is 0 Å². The smallest absolute Gasteiger partial charge is 0.332 e. The summed E-state index contributed by atoms with van der Waals surface area (Å²) in [4.78, 5) is 0. The predicted octanol–water partition coefficient (Wildman–Crippen LogP) is 3.99. The fourth-order valence-corrected chi connectivity index (χ4v) is 2.65. The number of halogens is 1. The third-order valence-corrected chi connectivity index (χ3v) is 4.14. The maximum absolute atomic E-state index is 5.83. The van der Waals surface area contributed by atoms with Crippen LogP contribution in [0.4, 0.5) is 0 Å². The minimum absolute atomic E-state index is 0.597. The number of hydrogen-bond donors (Lipinski definition) is 0. The fourth-order valence-electron chi connectivity index (χ4n) is 1.23. The number of hydrogen-bond acceptors (Lipinski definition) is 2. The molecule has 1 aromatic carbocycles. The molecular formula is C12H19ClO2Si. The van der Waals surface area contributed by atoms with E-state index in [1.54, 1.807) is 0 Å². The molecule has 0 atom stereocenters. The van der Waals surface area contributed by atoms with Crippen molar-refractivity contribution in [3.05, 3.63) is 34.9 Å². The van der Waals surface area contributed by atoms with Gasteiger partial charge in [-0.15, -0.1) is 0 Å². The molecule has 0 radical (unpaired) electrons. The van der Waals surface area contributed by atoms with Crippen molar-refractivity contribution in [2.75, 3.05) is 6.61 Å². The van der Waals surface area contributed by atoms with Crippen LogP contribution in [-0.2, 0) is 15.5 Å². The molecule has 0 bridgehead atoms. The van der Waals surface area contributed by atoms with E-state index in [0.717, 1.165) is 23.6 Å². The van der Waals surface area contributed by atoms with Crippen LogP contribution in [0.3, 0.4) is 0 Å². The summed E-state index contributed by atoms with van der Waals surface area (Å²) in [6.07, 6.45) is 1.03. The van der Waals surface area contributed by atoms with Crippen LogP contribution in [0.15, 0.2) is 24.3 Å². The van der Waals surface area contributed by atoms with Crippen molar-refractivity contribution in [1.29, 1.82) is 0 Å². The molecule has 0 fully saturated rings. The van der Waals surface area contributed by atoms with Crippen LogP contribution in [-0.4, -0.2) is 15.2 Å². The normalized spacial score (nSPS) is 11.8. The molecule has 0 unspecified atom stereocenters. The Morgan fingerprint density at radius 3 is 2.31 bits per heavy atom. The van der Waals surface area contributed by atoms with Crippen LogP contribution in [0.5, 0.6) is 0 Å². The lowest BCUT2D eigenvalue weighted by Crippen LogP contribution is -2.34. The van der Waals surface area contributed by atoms with E-state index >= 15 is 0 Å². The Morgan fingerprint density at radius 2 is 1.75 bits per heavy atom. The summed E-state index contributed by atoms with van der Waals surface area (Å²) in [5, 5.41) is 0.752. The molecule has 0 amide bonds. The molecule has 0 aliphatic heterocycles. The van der Waals surface area contributed by atoms with Gasteiger partial charge in [-0.25, -0.2) is 0 Å². The van der Waals surface area contributed by atoms with Gasteiger partial charge in [-0.1, -0.05) is 30.7 Å². The summed E-state index contributed by atoms with van der Waals surface area (Å²) in [6.45, 7) is 7.61. The number of rotatable bonds is 6. The van der Waals surface area contributed by atoms with E-state index in [1.165, 1.54) is 0 Å². The molecule has 1 aromatic rings. The first-order chi connectivity index (χ1) is 7.53. The van der Waals surface area contributed by atoms with Gasteiger partial charge in [0, 0.05) is 11.6 Å². The van der Waals surface area contributed by atoms with Gasteiger partial charge in [0.05, 0.1) is 6.61 Å². The summed E-state index contributed by atoms with van der Waals surface area (Å²) in [6, 6.07) is 7.71. The lowest BCUT2D eigenvalue weighted by atomic mass is 10.2. The van der Waals surface area contributed by atoms with Gasteiger partial charge in [0.2, 0.25) is 0 Å². The van der Waals surface area contributed by atoms with Crippen LogP contribution in [0.2, 0.25) is 18.1 Å². The standard InChI is InChI=1S/C12H19ClO2Si/c1-4-9-14-16(2,3)15-10-11-5-7-12(13)8-6-11/h5-8H,4,9-10H2,1-3H3. The van der Waals surface area contributed by atoms with Crippen LogP contribution in [0.25, 0.3) is 0 Å². The molecule has 2 nitrogen and oxygen atoms in total. The highest BCUT2D eigenvalue weighted by molar-refractivity contribution is 6.64. The summed E-state index contributed by atoms with van der Waals surface area (Å²) in [5.74, 6) is 0. The average Bonchev–Trinajstić information content (AvgIpc) is 2.26. The van der Waals surface area contributed by atoms with Gasteiger partial charge >= 0.3 is 8.56 Å². The van der Waals surface area contributed by atoms with Gasteiger partial charge in [-0.05, 0) is 37.2 Å². The van der Waals surface area contributed by atoms with E-state index < -0.39 is 8.56 Å². The van der Waals surface area contributed by atoms with Gasteiger partial charge in [0.25, 0.3) is 0 Å². The first-order valence-electron chi connectivity index (χ1n) is 5.56. The topological polar surface area (TPSA) is 18.5 Å². The molecule has 16 heavy (non-hydrogen) atoms. The SMILES string of the molecule is CCCO[Si](C)(C)OCc1ccc(Cl)cc1. The zero-order chi connectivity index (χ0) is 12.0. The predicted molar refractivity (Wildman–Crippen MR) is 70.0 cm³/mol. The van der Waals surface area contributed by atoms with E-state index in [-0.39, 0.29) is 0 Å². The first kappa shape index (κ1) is 13.7. The third-order valence-electron chi connectivity index (χ3n) is 2.15. The highest BCUT2D eigenvalue weighted by Gasteiger charge is 2.23. The van der Waals surface area contributed by atoms with Gasteiger partial charge in [-0.3, -0.25) is 0 Å². The number of benzene rings is 1. The molecular weight excluding hydrogens is 240 g/mol. The van der Waals surface area contributed by atoms with Gasteiger partial charge in [0.1, 0.15) is 0 Å². The van der Waals surface area contributed by atoms with Crippen LogP contribution < -0.4 is 0 Å². The Morgan fingerprint density at radius 1 is 1.12 bits per heavy atom. The zero-order valence-electron chi connectivity index (χ0n) is 10.1. The van der Waals surface area contributed by atoms with E-state index in [9.17, 15) is 0 Å². The second-order valence-corrected chi connectivity index (χ2v) is 7.98. The van der Waals surface area contributed by atoms with E-state index in [2.05, 4.69) is 20.0 Å². The highest BCUT2D eigenvalue weighted by Crippen LogP contribution is 2.14. The molecule has 1 rings (SSSR count). The van der Waals surface area contributed by atoms with Gasteiger partial charge < -0.3 is 8.85 Å². The summed E-state index contributed by atoms with van der Waals surface area (Å²) >= 11 is 5.81. The minimum atomic E-state index is -1.95. The Bertz CT molecular complexity index is 311. The zero-order valence-corrected chi connectivity index (χ0v) is 11.9. The maximum atomic E-state index is 5.83. The Labute approximate surface area is 104 Å². The van der Waals surface area contributed by atoms with Gasteiger partial charge in [-0.2, -0.15) is 0 Å². The molecule has 0 N–H and O–H groups in total. The molecule has 0 saturated carbocycles. The summed E-state index contributed by atoms with van der Waals surface area (Å²) < 4.78 is 11.5. The molecule has 4 heteroatoms. The monoisotopic (exact) mass is 258 g/mol. The van der Waals surface area contributed by atoms with E-state index in [1.807, 2.05) is 24.3 Å². The molecule has 0 heterocycles. The molecule has 0 aliphatic rings. The van der Waals surface area contributed by atoms with Crippen molar-refractivity contribution in [2.24, 2.45) is 0 Å². The maximum Gasteiger partial charge on any atom is 0.332 e. The van der Waals surface area contributed by atoms with Gasteiger partial charge in [0.15, 0.2) is 0 Å². The highest BCUT2D eigenvalue weighted by atomic mass is 35.5. The van der Waals surface area contributed by atoms with Crippen molar-refractivity contribution in [1.82, 2.24) is 0 Å². The largest absolute Gasteiger partial charge is 0.395 e. The molecule has 0 aliphatic carbocycles.